The Labute approximate surface area is 119 Å². The average Bonchev–Trinajstić information content (AvgIpc) is 2.73. The number of nitrogens with zero attached hydrogens (tertiary/aromatic N) is 2. The molecule has 0 aliphatic heterocycles. The first-order valence-electron chi connectivity index (χ1n) is 6.33. The van der Waals surface area contributed by atoms with Crippen molar-refractivity contribution in [3.8, 4) is 28.6 Å². The minimum absolute atomic E-state index is 0.675. The van der Waals surface area contributed by atoms with Crippen LogP contribution in [0.25, 0.3) is 11.4 Å². The van der Waals surface area contributed by atoms with Crippen LogP contribution in [0.3, 0.4) is 0 Å². The quantitative estimate of drug-likeness (QED) is 0.861. The van der Waals surface area contributed by atoms with Gasteiger partial charge in [-0.2, -0.15) is 0 Å². The molecule has 5 heteroatoms. The molecule has 1 heterocycles. The van der Waals surface area contributed by atoms with Crippen LogP contribution in [0.4, 0.5) is 0 Å². The third kappa shape index (κ3) is 2.19. The summed E-state index contributed by atoms with van der Waals surface area (Å²) in [5.41, 5.74) is 2.93. The third-order valence-corrected chi connectivity index (χ3v) is 3.56. The van der Waals surface area contributed by atoms with Gasteiger partial charge in [0.2, 0.25) is 0 Å². The predicted octanol–water partition coefficient (Wildman–Crippen LogP) is 2.73. The van der Waals surface area contributed by atoms with E-state index in [2.05, 4.69) is 4.98 Å². The van der Waals surface area contributed by atoms with E-state index in [1.165, 1.54) is 0 Å². The lowest BCUT2D eigenvalue weighted by Crippen LogP contribution is -2.00. The van der Waals surface area contributed by atoms with Gasteiger partial charge >= 0.3 is 0 Å². The largest absolute Gasteiger partial charge is 0.496 e. The molecule has 2 rings (SSSR count). The van der Waals surface area contributed by atoms with Crippen LogP contribution in [0.1, 0.15) is 11.4 Å². The van der Waals surface area contributed by atoms with Crippen molar-refractivity contribution in [3.63, 3.8) is 0 Å². The number of methoxy groups -OCH3 is 3. The van der Waals surface area contributed by atoms with Crippen molar-refractivity contribution in [1.82, 2.24) is 9.55 Å². The fourth-order valence-electron chi connectivity index (χ4n) is 2.17. The summed E-state index contributed by atoms with van der Waals surface area (Å²) >= 11 is 0. The van der Waals surface area contributed by atoms with Gasteiger partial charge in [0.1, 0.15) is 28.6 Å². The fraction of sp³-hybridized carbons (Fsp3) is 0.400. The predicted molar refractivity (Wildman–Crippen MR) is 77.8 cm³/mol. The first-order chi connectivity index (χ1) is 9.53. The summed E-state index contributed by atoms with van der Waals surface area (Å²) in [7, 11) is 6.84. The zero-order valence-corrected chi connectivity index (χ0v) is 12.8. The smallest absolute Gasteiger partial charge is 0.147 e. The van der Waals surface area contributed by atoms with E-state index < -0.39 is 0 Å². The van der Waals surface area contributed by atoms with E-state index in [0.29, 0.717) is 17.2 Å². The number of rotatable bonds is 4. The summed E-state index contributed by atoms with van der Waals surface area (Å²) in [6.45, 7) is 4.02. The van der Waals surface area contributed by atoms with Crippen LogP contribution in [0, 0.1) is 13.8 Å². The molecular formula is C15H20N2O3. The van der Waals surface area contributed by atoms with E-state index in [4.69, 9.17) is 14.2 Å². The Kier molecular flexibility index (Phi) is 3.88. The SMILES string of the molecule is COc1cc(OC)c(-c2nc(C)c(C)n2C)c(OC)c1. The lowest BCUT2D eigenvalue weighted by Gasteiger charge is -2.15. The lowest BCUT2D eigenvalue weighted by molar-refractivity contribution is 0.377. The highest BCUT2D eigenvalue weighted by Gasteiger charge is 2.20. The van der Waals surface area contributed by atoms with E-state index in [-0.39, 0.29) is 0 Å². The van der Waals surface area contributed by atoms with Crippen LogP contribution in [0.2, 0.25) is 0 Å². The molecule has 0 unspecified atom stereocenters. The van der Waals surface area contributed by atoms with Crippen molar-refractivity contribution in [2.45, 2.75) is 13.8 Å². The number of imidazole rings is 1. The molecule has 0 spiro atoms. The number of hydrogen-bond acceptors (Lipinski definition) is 4. The van der Waals surface area contributed by atoms with Gasteiger partial charge in [-0.1, -0.05) is 0 Å². The van der Waals surface area contributed by atoms with Crippen LogP contribution in [-0.4, -0.2) is 30.9 Å². The van der Waals surface area contributed by atoms with Crippen LogP contribution >= 0.6 is 0 Å². The maximum absolute atomic E-state index is 5.48. The molecule has 0 bridgehead atoms. The zero-order chi connectivity index (χ0) is 14.9. The average molecular weight is 276 g/mol. The van der Waals surface area contributed by atoms with Crippen molar-refractivity contribution < 1.29 is 14.2 Å². The van der Waals surface area contributed by atoms with Gasteiger partial charge in [0.15, 0.2) is 0 Å². The number of ether oxygens (including phenoxy) is 3. The Morgan fingerprint density at radius 1 is 0.950 bits per heavy atom. The van der Waals surface area contributed by atoms with Crippen molar-refractivity contribution in [2.75, 3.05) is 21.3 Å². The molecule has 0 N–H and O–H groups in total. The maximum Gasteiger partial charge on any atom is 0.147 e. The Morgan fingerprint density at radius 2 is 1.50 bits per heavy atom. The second-order valence-electron chi connectivity index (χ2n) is 4.57. The highest BCUT2D eigenvalue weighted by Crippen LogP contribution is 2.41. The van der Waals surface area contributed by atoms with Gasteiger partial charge in [-0.25, -0.2) is 4.98 Å². The van der Waals surface area contributed by atoms with Crippen molar-refractivity contribution in [2.24, 2.45) is 7.05 Å². The molecule has 0 amide bonds. The molecule has 0 saturated carbocycles. The number of aryl methyl sites for hydroxylation is 1. The van der Waals surface area contributed by atoms with Gasteiger partial charge in [0.25, 0.3) is 0 Å². The van der Waals surface area contributed by atoms with E-state index in [9.17, 15) is 0 Å². The molecule has 108 valence electrons. The summed E-state index contributed by atoms with van der Waals surface area (Å²) < 4.78 is 18.2. The molecule has 1 aromatic carbocycles. The molecular weight excluding hydrogens is 256 g/mol. The highest BCUT2D eigenvalue weighted by molar-refractivity contribution is 5.74. The molecule has 0 fully saturated rings. The van der Waals surface area contributed by atoms with Crippen molar-refractivity contribution in [3.05, 3.63) is 23.5 Å². The van der Waals surface area contributed by atoms with Gasteiger partial charge in [-0.05, 0) is 13.8 Å². The van der Waals surface area contributed by atoms with E-state index >= 15 is 0 Å². The van der Waals surface area contributed by atoms with Crippen molar-refractivity contribution >= 4 is 0 Å². The van der Waals surface area contributed by atoms with Crippen LogP contribution in [0.15, 0.2) is 12.1 Å². The normalized spacial score (nSPS) is 10.5. The van der Waals surface area contributed by atoms with Gasteiger partial charge in [-0.15, -0.1) is 0 Å². The molecule has 0 saturated heterocycles. The molecule has 0 atom stereocenters. The van der Waals surface area contributed by atoms with Gasteiger partial charge < -0.3 is 18.8 Å². The summed E-state index contributed by atoms with van der Waals surface area (Å²) in [5, 5.41) is 0. The van der Waals surface area contributed by atoms with Gasteiger partial charge in [0.05, 0.1) is 27.0 Å². The first kappa shape index (κ1) is 14.2. The maximum atomic E-state index is 5.48. The summed E-state index contributed by atoms with van der Waals surface area (Å²) in [6, 6.07) is 3.66. The Bertz CT molecular complexity index is 607. The van der Waals surface area contributed by atoms with Crippen LogP contribution < -0.4 is 14.2 Å². The summed E-state index contributed by atoms with van der Waals surface area (Å²) in [6.07, 6.45) is 0. The zero-order valence-electron chi connectivity index (χ0n) is 12.8. The lowest BCUT2D eigenvalue weighted by atomic mass is 10.1. The minimum atomic E-state index is 0.675. The molecule has 20 heavy (non-hydrogen) atoms. The van der Waals surface area contributed by atoms with E-state index in [0.717, 1.165) is 22.8 Å². The first-order valence-corrected chi connectivity index (χ1v) is 6.33. The summed E-state index contributed by atoms with van der Waals surface area (Å²) in [5.74, 6) is 2.85. The molecule has 1 aromatic heterocycles. The van der Waals surface area contributed by atoms with Crippen LogP contribution in [-0.2, 0) is 7.05 Å². The summed E-state index contributed by atoms with van der Waals surface area (Å²) in [4.78, 5) is 4.61. The number of aromatic nitrogens is 2. The Morgan fingerprint density at radius 3 is 1.85 bits per heavy atom. The number of benzene rings is 1. The second kappa shape index (κ2) is 5.45. The second-order valence-corrected chi connectivity index (χ2v) is 4.57. The topological polar surface area (TPSA) is 45.5 Å². The Hall–Kier alpha value is -2.17. The molecule has 2 aromatic rings. The minimum Gasteiger partial charge on any atom is -0.496 e. The highest BCUT2D eigenvalue weighted by atomic mass is 16.5. The molecule has 0 radical (unpaired) electrons. The van der Waals surface area contributed by atoms with Gasteiger partial charge in [0, 0.05) is 24.9 Å². The third-order valence-electron chi connectivity index (χ3n) is 3.56. The molecule has 0 aliphatic rings. The van der Waals surface area contributed by atoms with Crippen molar-refractivity contribution in [1.29, 1.82) is 0 Å². The molecule has 5 nitrogen and oxygen atoms in total. The van der Waals surface area contributed by atoms with E-state index in [1.54, 1.807) is 21.3 Å². The monoisotopic (exact) mass is 276 g/mol. The fourth-order valence-corrected chi connectivity index (χ4v) is 2.17. The van der Waals surface area contributed by atoms with Gasteiger partial charge in [-0.3, -0.25) is 0 Å². The number of hydrogen-bond donors (Lipinski definition) is 0. The van der Waals surface area contributed by atoms with E-state index in [1.807, 2.05) is 37.6 Å². The Balaban J connectivity index is 2.74. The van der Waals surface area contributed by atoms with Crippen LogP contribution in [0.5, 0.6) is 17.2 Å². The standard InChI is InChI=1S/C15H20N2O3/c1-9-10(2)17(3)15(16-9)14-12(19-5)7-11(18-4)8-13(14)20-6/h7-8H,1-6H3. The molecule has 0 aliphatic carbocycles.